The fraction of sp³-hybridized carbons (Fsp3) is 0.0682. The van der Waals surface area contributed by atoms with Crippen LogP contribution >= 0.6 is 11.6 Å². The summed E-state index contributed by atoms with van der Waals surface area (Å²) < 4.78 is 65.5. The van der Waals surface area contributed by atoms with Gasteiger partial charge in [0.25, 0.3) is 11.8 Å². The van der Waals surface area contributed by atoms with Crippen molar-refractivity contribution in [3.63, 3.8) is 0 Å². The minimum atomic E-state index is -1.33. The van der Waals surface area contributed by atoms with Crippen molar-refractivity contribution in [1.29, 1.82) is 0 Å². The molecule has 60 heavy (non-hydrogen) atoms. The molecule has 0 atom stereocenters. The second-order valence-corrected chi connectivity index (χ2v) is 13.5. The number of hydrogen-bond acceptors (Lipinski definition) is 6. The first-order valence-corrected chi connectivity index (χ1v) is 18.0. The van der Waals surface area contributed by atoms with Crippen molar-refractivity contribution in [2.45, 2.75) is 6.92 Å². The number of rotatable bonds is 9. The van der Waals surface area contributed by atoms with E-state index in [9.17, 15) is 41.8 Å². The molecule has 0 unspecified atom stereocenters. The van der Waals surface area contributed by atoms with Gasteiger partial charge in [0, 0.05) is 17.5 Å². The molecule has 11 nitrogen and oxygen atoms in total. The zero-order chi connectivity index (χ0) is 43.4. The number of hydrogen-bond donors (Lipinski definition) is 4. The second-order valence-electron chi connectivity index (χ2n) is 13.1. The minimum Gasteiger partial charge on any atom is -0.497 e. The Morgan fingerprint density at radius 2 is 1.05 bits per heavy atom. The van der Waals surface area contributed by atoms with Crippen LogP contribution in [0.25, 0.3) is 33.2 Å². The highest BCUT2D eigenvalue weighted by molar-refractivity contribution is 6.31. The summed E-state index contributed by atoms with van der Waals surface area (Å²) in [6, 6.07) is 25.1. The van der Waals surface area contributed by atoms with Gasteiger partial charge in [0.05, 0.1) is 40.6 Å². The number of carbonyl (C=O) groups is 4. The number of aromatic nitrogens is 2. The first-order valence-electron chi connectivity index (χ1n) is 17.6. The molecular formula is C44H31ClF4N4O7. The van der Waals surface area contributed by atoms with Crippen LogP contribution in [0.2, 0.25) is 5.02 Å². The van der Waals surface area contributed by atoms with Crippen LogP contribution in [-0.2, 0) is 7.05 Å². The monoisotopic (exact) mass is 838 g/mol. The number of carboxylic acids is 2. The largest absolute Gasteiger partial charge is 0.497 e. The molecule has 0 aliphatic heterocycles. The molecule has 7 rings (SSSR count). The van der Waals surface area contributed by atoms with Crippen molar-refractivity contribution in [2.24, 2.45) is 7.05 Å². The van der Waals surface area contributed by atoms with Gasteiger partial charge in [-0.2, -0.15) is 5.10 Å². The maximum absolute atomic E-state index is 14.7. The number of nitrogens with zero attached hydrogens (tertiary/aromatic N) is 2. The fourth-order valence-electron chi connectivity index (χ4n) is 6.28. The summed E-state index contributed by atoms with van der Waals surface area (Å²) in [4.78, 5) is 47.4. The molecule has 0 radical (unpaired) electrons. The summed E-state index contributed by atoms with van der Waals surface area (Å²) in [6.07, 6.45) is 0. The summed E-state index contributed by atoms with van der Waals surface area (Å²) in [5, 5.41) is 28.1. The molecule has 16 heteroatoms. The number of carbonyl (C=O) groups excluding carboxylic acids is 2. The number of anilines is 2. The number of benzene rings is 6. The molecular weight excluding hydrogens is 808 g/mol. The van der Waals surface area contributed by atoms with Crippen LogP contribution in [0.15, 0.2) is 109 Å². The van der Waals surface area contributed by atoms with Crippen molar-refractivity contribution in [3.05, 3.63) is 165 Å². The highest BCUT2D eigenvalue weighted by Crippen LogP contribution is 2.33. The van der Waals surface area contributed by atoms with E-state index in [2.05, 4.69) is 15.7 Å². The average Bonchev–Trinajstić information content (AvgIpc) is 3.51. The highest BCUT2D eigenvalue weighted by Gasteiger charge is 2.22. The molecule has 4 N–H and O–H groups in total. The predicted molar refractivity (Wildman–Crippen MR) is 217 cm³/mol. The van der Waals surface area contributed by atoms with Crippen molar-refractivity contribution < 1.29 is 51.7 Å². The highest BCUT2D eigenvalue weighted by atomic mass is 35.5. The molecule has 0 saturated heterocycles. The van der Waals surface area contributed by atoms with E-state index in [1.54, 1.807) is 28.9 Å². The van der Waals surface area contributed by atoms with Gasteiger partial charge in [-0.3, -0.25) is 14.3 Å². The Labute approximate surface area is 343 Å². The SMILES string of the molecule is COc1cc(Cl)cc(-c2cc(F)c(NC(=O)c3ccccc3C(=O)O)c(F)c2)c1.Cc1nn(C)c2ccc(-c3cc(F)c(NC(=O)c4ccccc4C(=O)O)c(F)c3)cc12. The Morgan fingerprint density at radius 1 is 0.617 bits per heavy atom. The molecule has 0 saturated carbocycles. The first kappa shape index (κ1) is 42.1. The van der Waals surface area contributed by atoms with Gasteiger partial charge in [-0.1, -0.05) is 41.9 Å². The van der Waals surface area contributed by atoms with E-state index in [1.165, 1.54) is 61.7 Å². The van der Waals surface area contributed by atoms with Gasteiger partial charge < -0.3 is 25.6 Å². The molecule has 2 amide bonds. The van der Waals surface area contributed by atoms with E-state index in [-0.39, 0.29) is 27.8 Å². The van der Waals surface area contributed by atoms with Crippen LogP contribution in [0.5, 0.6) is 5.75 Å². The third-order valence-corrected chi connectivity index (χ3v) is 9.39. The van der Waals surface area contributed by atoms with Gasteiger partial charge in [0.1, 0.15) is 40.4 Å². The van der Waals surface area contributed by atoms with E-state index in [0.29, 0.717) is 27.5 Å². The first-order chi connectivity index (χ1) is 28.6. The molecule has 304 valence electrons. The molecule has 7 aromatic rings. The van der Waals surface area contributed by atoms with Crippen LogP contribution < -0.4 is 15.4 Å². The molecule has 1 heterocycles. The normalized spacial score (nSPS) is 10.7. The number of nitrogens with one attached hydrogen (secondary N) is 2. The van der Waals surface area contributed by atoms with E-state index < -0.39 is 58.4 Å². The molecule has 0 spiro atoms. The molecule has 0 aliphatic carbocycles. The predicted octanol–water partition coefficient (Wildman–Crippen LogP) is 10.0. The summed E-state index contributed by atoms with van der Waals surface area (Å²) in [5.74, 6) is -8.10. The van der Waals surface area contributed by atoms with E-state index >= 15 is 0 Å². The summed E-state index contributed by atoms with van der Waals surface area (Å²) in [5.41, 5.74) is 0.874. The lowest BCUT2D eigenvalue weighted by atomic mass is 10.0. The summed E-state index contributed by atoms with van der Waals surface area (Å²) in [7, 11) is 3.25. The molecule has 0 fully saturated rings. The standard InChI is InChI=1S/C23H17F2N3O3.C21H14ClF2NO4/c1-12-17-9-13(7-8-20(17)28(2)27-12)14-10-18(24)21(19(25)11-14)26-22(29)15-5-3-4-6-16(15)23(30)31;1-29-14-7-11(6-13(22)10-14)12-8-17(23)19(18(24)9-12)25-20(26)15-4-2-3-5-16(15)21(27)28/h3-11H,1-2H3,(H,26,29)(H,30,31);2-10H,1H3,(H,25,26)(H,27,28). The number of carboxylic acid groups (broad SMARTS) is 2. The van der Waals surface area contributed by atoms with Gasteiger partial charge in [-0.15, -0.1) is 0 Å². The van der Waals surface area contributed by atoms with Crippen molar-refractivity contribution in [1.82, 2.24) is 9.78 Å². The Balaban J connectivity index is 0.000000202. The lowest BCUT2D eigenvalue weighted by Crippen LogP contribution is -2.18. The molecule has 1 aromatic heterocycles. The van der Waals surface area contributed by atoms with Crippen molar-refractivity contribution in [3.8, 4) is 28.0 Å². The lowest BCUT2D eigenvalue weighted by molar-refractivity contribution is 0.0683. The van der Waals surface area contributed by atoms with Crippen LogP contribution in [-0.4, -0.2) is 50.9 Å². The van der Waals surface area contributed by atoms with E-state index in [1.807, 2.05) is 20.0 Å². The van der Waals surface area contributed by atoms with Gasteiger partial charge in [-0.05, 0) is 108 Å². The van der Waals surface area contributed by atoms with Gasteiger partial charge in [0.15, 0.2) is 0 Å². The van der Waals surface area contributed by atoms with Crippen molar-refractivity contribution in [2.75, 3.05) is 17.7 Å². The number of aromatic carboxylic acids is 2. The fourth-order valence-corrected chi connectivity index (χ4v) is 6.51. The Hall–Kier alpha value is -7.52. The third kappa shape index (κ3) is 8.95. The lowest BCUT2D eigenvalue weighted by Gasteiger charge is -2.12. The van der Waals surface area contributed by atoms with Crippen molar-refractivity contribution >= 4 is 57.6 Å². The Bertz CT molecular complexity index is 2820. The zero-order valence-electron chi connectivity index (χ0n) is 31.6. The maximum Gasteiger partial charge on any atom is 0.336 e. The quantitative estimate of drug-likeness (QED) is 0.105. The molecule has 0 bridgehead atoms. The second kappa shape index (κ2) is 17.5. The average molecular weight is 839 g/mol. The number of methoxy groups -OCH3 is 1. The molecule has 6 aromatic carbocycles. The van der Waals surface area contributed by atoms with E-state index in [0.717, 1.165) is 40.9 Å². The number of fused-ring (bicyclic) bond motifs is 1. The van der Waals surface area contributed by atoms with Crippen LogP contribution in [0.1, 0.15) is 47.1 Å². The Morgan fingerprint density at radius 3 is 1.50 bits per heavy atom. The van der Waals surface area contributed by atoms with Crippen LogP contribution in [0, 0.1) is 30.2 Å². The summed E-state index contributed by atoms with van der Waals surface area (Å²) >= 11 is 5.99. The number of amides is 2. The summed E-state index contributed by atoms with van der Waals surface area (Å²) in [6.45, 7) is 1.85. The van der Waals surface area contributed by atoms with Gasteiger partial charge >= 0.3 is 11.9 Å². The maximum atomic E-state index is 14.7. The molecule has 0 aliphatic rings. The number of ether oxygens (including phenoxy) is 1. The Kier molecular flexibility index (Phi) is 12.3. The zero-order valence-corrected chi connectivity index (χ0v) is 32.4. The van der Waals surface area contributed by atoms with Gasteiger partial charge in [-0.25, -0.2) is 27.2 Å². The smallest absolute Gasteiger partial charge is 0.336 e. The van der Waals surface area contributed by atoms with E-state index in [4.69, 9.17) is 21.4 Å². The number of aryl methyl sites for hydroxylation is 2. The third-order valence-electron chi connectivity index (χ3n) is 9.17. The number of halogens is 5. The van der Waals surface area contributed by atoms with Gasteiger partial charge in [0.2, 0.25) is 0 Å². The topological polar surface area (TPSA) is 160 Å². The van der Waals surface area contributed by atoms with Crippen LogP contribution in [0.3, 0.4) is 0 Å². The van der Waals surface area contributed by atoms with Crippen LogP contribution in [0.4, 0.5) is 28.9 Å². The minimum absolute atomic E-state index is 0.185.